The van der Waals surface area contributed by atoms with Crippen LogP contribution >= 0.6 is 15.9 Å². The van der Waals surface area contributed by atoms with Gasteiger partial charge in [-0.1, -0.05) is 15.9 Å². The molecular weight excluding hydrogens is 316 g/mol. The van der Waals surface area contributed by atoms with Crippen LogP contribution in [0.3, 0.4) is 0 Å². The summed E-state index contributed by atoms with van der Waals surface area (Å²) in [7, 11) is 0. The Balaban J connectivity index is 1.32. The third-order valence-corrected chi connectivity index (χ3v) is 4.66. The van der Waals surface area contributed by atoms with Gasteiger partial charge in [0.1, 0.15) is 11.9 Å². The minimum absolute atomic E-state index is 0.297. The predicted molar refractivity (Wildman–Crippen MR) is 85.4 cm³/mol. The number of nitrogens with one attached hydrogen (secondary N) is 1. The molecule has 2 aliphatic rings. The fourth-order valence-corrected chi connectivity index (χ4v) is 3.51. The van der Waals surface area contributed by atoms with Crippen LogP contribution in [0, 0.1) is 0 Å². The summed E-state index contributed by atoms with van der Waals surface area (Å²) in [5.74, 6) is 1.05. The summed E-state index contributed by atoms with van der Waals surface area (Å²) < 4.78 is 7.09. The quantitative estimate of drug-likeness (QED) is 0.807. The lowest BCUT2D eigenvalue weighted by molar-refractivity contribution is 0.226. The average Bonchev–Trinajstić information content (AvgIpc) is 3.06. The molecule has 0 bridgehead atoms. The molecule has 3 nitrogen and oxygen atoms in total. The third kappa shape index (κ3) is 3.74. The number of likely N-dealkylation sites (tertiary alicyclic amines) is 1. The van der Waals surface area contributed by atoms with Gasteiger partial charge >= 0.3 is 0 Å². The Kier molecular flexibility index (Phi) is 4.97. The molecule has 2 aliphatic heterocycles. The summed E-state index contributed by atoms with van der Waals surface area (Å²) in [6, 6.07) is 6.28. The van der Waals surface area contributed by atoms with E-state index < -0.39 is 0 Å². The van der Waals surface area contributed by atoms with E-state index in [2.05, 4.69) is 38.3 Å². The van der Waals surface area contributed by atoms with Crippen LogP contribution in [-0.4, -0.2) is 43.7 Å². The molecule has 3 rings (SSSR count). The number of benzene rings is 1. The zero-order valence-electron chi connectivity index (χ0n) is 11.9. The van der Waals surface area contributed by atoms with Gasteiger partial charge in [0, 0.05) is 17.4 Å². The normalized spacial score (nSPS) is 21.9. The Bertz CT molecular complexity index is 446. The van der Waals surface area contributed by atoms with Crippen molar-refractivity contribution in [3.8, 4) is 5.75 Å². The molecule has 1 atom stereocenters. The molecule has 1 N–H and O–H groups in total. The Morgan fingerprint density at radius 1 is 1.30 bits per heavy atom. The maximum absolute atomic E-state index is 5.95. The van der Waals surface area contributed by atoms with Crippen LogP contribution in [0.4, 0.5) is 0 Å². The second-order valence-electron chi connectivity index (χ2n) is 5.80. The van der Waals surface area contributed by atoms with Crippen molar-refractivity contribution in [1.29, 1.82) is 0 Å². The number of halogens is 1. The van der Waals surface area contributed by atoms with Crippen LogP contribution in [0.5, 0.6) is 5.75 Å². The molecule has 1 aromatic rings. The predicted octanol–water partition coefficient (Wildman–Crippen LogP) is 2.83. The fraction of sp³-hybridized carbons (Fsp3) is 0.625. The SMILES string of the molecule is Brc1ccc2c(c1)CC(CNCCCN1CCCC1)O2. The number of hydrogen-bond acceptors (Lipinski definition) is 3. The summed E-state index contributed by atoms with van der Waals surface area (Å²) in [6.07, 6.45) is 5.33. The molecule has 0 amide bonds. The second-order valence-corrected chi connectivity index (χ2v) is 6.72. The van der Waals surface area contributed by atoms with Gasteiger partial charge in [-0.25, -0.2) is 0 Å². The molecule has 2 heterocycles. The molecular formula is C16H23BrN2O. The topological polar surface area (TPSA) is 24.5 Å². The van der Waals surface area contributed by atoms with Crippen molar-refractivity contribution >= 4 is 15.9 Å². The lowest BCUT2D eigenvalue weighted by atomic mass is 10.1. The minimum atomic E-state index is 0.297. The zero-order valence-corrected chi connectivity index (χ0v) is 13.5. The molecule has 0 aliphatic carbocycles. The molecule has 1 fully saturated rings. The Labute approximate surface area is 129 Å². The van der Waals surface area contributed by atoms with E-state index in [1.165, 1.54) is 44.5 Å². The van der Waals surface area contributed by atoms with Crippen LogP contribution in [-0.2, 0) is 6.42 Å². The smallest absolute Gasteiger partial charge is 0.123 e. The van der Waals surface area contributed by atoms with E-state index in [4.69, 9.17) is 4.74 Å². The first-order valence-corrected chi connectivity index (χ1v) is 8.49. The van der Waals surface area contributed by atoms with Crippen LogP contribution < -0.4 is 10.1 Å². The van der Waals surface area contributed by atoms with E-state index in [-0.39, 0.29) is 0 Å². The van der Waals surface area contributed by atoms with Gasteiger partial charge in [0.15, 0.2) is 0 Å². The number of rotatable bonds is 6. The molecule has 20 heavy (non-hydrogen) atoms. The van der Waals surface area contributed by atoms with Gasteiger partial charge in [-0.3, -0.25) is 0 Å². The lowest BCUT2D eigenvalue weighted by Gasteiger charge is -2.15. The van der Waals surface area contributed by atoms with Gasteiger partial charge in [0.25, 0.3) is 0 Å². The number of nitrogens with zero attached hydrogens (tertiary/aromatic N) is 1. The Hall–Kier alpha value is -0.580. The van der Waals surface area contributed by atoms with Gasteiger partial charge in [-0.2, -0.15) is 0 Å². The first kappa shape index (κ1) is 14.4. The van der Waals surface area contributed by atoms with Crippen molar-refractivity contribution in [2.24, 2.45) is 0 Å². The van der Waals surface area contributed by atoms with Crippen LogP contribution in [0.25, 0.3) is 0 Å². The summed E-state index contributed by atoms with van der Waals surface area (Å²) in [5.41, 5.74) is 1.32. The van der Waals surface area contributed by atoms with Crippen LogP contribution in [0.15, 0.2) is 22.7 Å². The maximum Gasteiger partial charge on any atom is 0.123 e. The summed E-state index contributed by atoms with van der Waals surface area (Å²) >= 11 is 3.51. The molecule has 110 valence electrons. The van der Waals surface area contributed by atoms with Crippen molar-refractivity contribution in [2.45, 2.75) is 31.8 Å². The lowest BCUT2D eigenvalue weighted by Crippen LogP contribution is -2.32. The highest BCUT2D eigenvalue weighted by Gasteiger charge is 2.22. The van der Waals surface area contributed by atoms with Crippen molar-refractivity contribution in [3.05, 3.63) is 28.2 Å². The van der Waals surface area contributed by atoms with Gasteiger partial charge in [-0.15, -0.1) is 0 Å². The van der Waals surface area contributed by atoms with Crippen LogP contribution in [0.1, 0.15) is 24.8 Å². The van der Waals surface area contributed by atoms with Crippen molar-refractivity contribution in [3.63, 3.8) is 0 Å². The third-order valence-electron chi connectivity index (χ3n) is 4.16. The maximum atomic E-state index is 5.95. The standard InChI is InChI=1S/C16H23BrN2O/c17-14-4-5-16-13(10-14)11-15(20-16)12-18-6-3-9-19-7-1-2-8-19/h4-5,10,15,18H,1-3,6-9,11-12H2. The highest BCUT2D eigenvalue weighted by atomic mass is 79.9. The summed E-state index contributed by atoms with van der Waals surface area (Å²) in [6.45, 7) is 5.89. The highest BCUT2D eigenvalue weighted by Crippen LogP contribution is 2.30. The molecule has 4 heteroatoms. The van der Waals surface area contributed by atoms with E-state index >= 15 is 0 Å². The average molecular weight is 339 g/mol. The first-order valence-electron chi connectivity index (χ1n) is 7.69. The Morgan fingerprint density at radius 3 is 3.00 bits per heavy atom. The van der Waals surface area contributed by atoms with Gasteiger partial charge in [0.05, 0.1) is 0 Å². The second kappa shape index (κ2) is 6.92. The van der Waals surface area contributed by atoms with Crippen LogP contribution in [0.2, 0.25) is 0 Å². The van der Waals surface area contributed by atoms with Gasteiger partial charge < -0.3 is 15.0 Å². The van der Waals surface area contributed by atoms with Gasteiger partial charge in [-0.05, 0) is 69.2 Å². The van der Waals surface area contributed by atoms with E-state index in [0.29, 0.717) is 6.10 Å². The largest absolute Gasteiger partial charge is 0.488 e. The van der Waals surface area contributed by atoms with Gasteiger partial charge in [0.2, 0.25) is 0 Å². The molecule has 0 saturated carbocycles. The van der Waals surface area contributed by atoms with E-state index in [1.54, 1.807) is 0 Å². The first-order chi connectivity index (χ1) is 9.81. The number of fused-ring (bicyclic) bond motifs is 1. The minimum Gasteiger partial charge on any atom is -0.488 e. The number of hydrogen-bond donors (Lipinski definition) is 1. The molecule has 1 saturated heterocycles. The molecule has 0 aromatic heterocycles. The molecule has 0 spiro atoms. The van der Waals surface area contributed by atoms with Crippen molar-refractivity contribution < 1.29 is 4.74 Å². The summed E-state index contributed by atoms with van der Waals surface area (Å²) in [4.78, 5) is 2.57. The van der Waals surface area contributed by atoms with Crippen molar-refractivity contribution in [1.82, 2.24) is 10.2 Å². The molecule has 0 radical (unpaired) electrons. The molecule has 1 unspecified atom stereocenters. The fourth-order valence-electron chi connectivity index (χ4n) is 3.10. The molecule has 1 aromatic carbocycles. The zero-order chi connectivity index (χ0) is 13.8. The van der Waals surface area contributed by atoms with E-state index in [1.807, 2.05) is 6.07 Å². The summed E-state index contributed by atoms with van der Waals surface area (Å²) in [5, 5.41) is 3.54. The Morgan fingerprint density at radius 2 is 2.15 bits per heavy atom. The van der Waals surface area contributed by atoms with E-state index in [9.17, 15) is 0 Å². The highest BCUT2D eigenvalue weighted by molar-refractivity contribution is 9.10. The monoisotopic (exact) mass is 338 g/mol. The number of ether oxygens (including phenoxy) is 1. The van der Waals surface area contributed by atoms with E-state index in [0.717, 1.165) is 29.7 Å². The van der Waals surface area contributed by atoms with Crippen molar-refractivity contribution in [2.75, 3.05) is 32.7 Å².